The number of hydrogen-bond donors (Lipinski definition) is 1. The summed E-state index contributed by atoms with van der Waals surface area (Å²) in [5.41, 5.74) is 2.13. The van der Waals surface area contributed by atoms with Crippen molar-refractivity contribution in [2.75, 3.05) is 27.2 Å². The van der Waals surface area contributed by atoms with E-state index in [4.69, 9.17) is 4.42 Å². The number of nitrogens with zero attached hydrogens (tertiary/aromatic N) is 4. The Morgan fingerprint density at radius 1 is 1.38 bits per heavy atom. The Labute approximate surface area is 154 Å². The normalized spacial score (nSPS) is 15.5. The van der Waals surface area contributed by atoms with Crippen molar-refractivity contribution >= 4 is 6.03 Å². The van der Waals surface area contributed by atoms with Gasteiger partial charge in [0.15, 0.2) is 0 Å². The summed E-state index contributed by atoms with van der Waals surface area (Å²) in [6.45, 7) is 8.51. The highest BCUT2D eigenvalue weighted by Gasteiger charge is 2.20. The monoisotopic (exact) mass is 359 g/mol. The molecule has 2 amide bonds. The highest BCUT2D eigenvalue weighted by atomic mass is 16.3. The van der Waals surface area contributed by atoms with Crippen molar-refractivity contribution in [1.82, 2.24) is 24.9 Å². The summed E-state index contributed by atoms with van der Waals surface area (Å²) in [5.74, 6) is 2.47. The standard InChI is InChI=1S/C19H29N5O2/c1-14(18-6-5-15(2)26-18)7-8-23-9-10-24-17(13-23)11-16(21-24)12-20-19(25)22(3)4/h5-6,11,14H,7-10,12-13H2,1-4H3,(H,20,25)/t14-/m1/s1. The van der Waals surface area contributed by atoms with Gasteiger partial charge in [0, 0.05) is 33.1 Å². The van der Waals surface area contributed by atoms with E-state index in [2.05, 4.69) is 39.1 Å². The molecule has 2 aromatic heterocycles. The lowest BCUT2D eigenvalue weighted by atomic mass is 10.0. The largest absolute Gasteiger partial charge is 0.466 e. The fraction of sp³-hybridized carbons (Fsp3) is 0.579. The molecule has 0 bridgehead atoms. The molecule has 0 saturated heterocycles. The molecular formula is C19H29N5O2. The first-order chi connectivity index (χ1) is 12.4. The van der Waals surface area contributed by atoms with Crippen LogP contribution in [0.15, 0.2) is 22.6 Å². The number of carbonyl (C=O) groups is 1. The van der Waals surface area contributed by atoms with Gasteiger partial charge in [-0.3, -0.25) is 9.58 Å². The zero-order chi connectivity index (χ0) is 18.7. The van der Waals surface area contributed by atoms with Crippen molar-refractivity contribution in [2.24, 2.45) is 0 Å². The Morgan fingerprint density at radius 3 is 2.88 bits per heavy atom. The molecule has 3 heterocycles. The van der Waals surface area contributed by atoms with Crippen molar-refractivity contribution in [3.8, 4) is 0 Å². The molecule has 0 spiro atoms. The maximum atomic E-state index is 11.6. The summed E-state index contributed by atoms with van der Waals surface area (Å²) in [6.07, 6.45) is 1.08. The second-order valence-corrected chi connectivity index (χ2v) is 7.32. The Hall–Kier alpha value is -2.28. The van der Waals surface area contributed by atoms with Crippen molar-refractivity contribution in [2.45, 2.75) is 45.8 Å². The van der Waals surface area contributed by atoms with E-state index in [1.54, 1.807) is 14.1 Å². The van der Waals surface area contributed by atoms with Crippen LogP contribution in [-0.2, 0) is 19.6 Å². The van der Waals surface area contributed by atoms with Gasteiger partial charge in [0.2, 0.25) is 0 Å². The van der Waals surface area contributed by atoms with E-state index in [-0.39, 0.29) is 6.03 Å². The minimum Gasteiger partial charge on any atom is -0.466 e. The molecule has 7 heteroatoms. The zero-order valence-corrected chi connectivity index (χ0v) is 16.2. The van der Waals surface area contributed by atoms with Crippen molar-refractivity contribution < 1.29 is 9.21 Å². The minimum absolute atomic E-state index is 0.0975. The highest BCUT2D eigenvalue weighted by Crippen LogP contribution is 2.23. The molecule has 1 atom stereocenters. The zero-order valence-electron chi connectivity index (χ0n) is 16.2. The predicted molar refractivity (Wildman–Crippen MR) is 99.9 cm³/mol. The first-order valence-electron chi connectivity index (χ1n) is 9.22. The number of fused-ring (bicyclic) bond motifs is 1. The van der Waals surface area contributed by atoms with Crippen LogP contribution in [0.3, 0.4) is 0 Å². The topological polar surface area (TPSA) is 66.5 Å². The molecule has 0 radical (unpaired) electrons. The molecule has 0 aliphatic carbocycles. The number of aryl methyl sites for hydroxylation is 1. The Balaban J connectivity index is 1.50. The number of carbonyl (C=O) groups excluding carboxylic acids is 1. The Bertz CT molecular complexity index is 749. The number of hydrogen-bond acceptors (Lipinski definition) is 4. The lowest BCUT2D eigenvalue weighted by Crippen LogP contribution is -2.35. The fourth-order valence-electron chi connectivity index (χ4n) is 3.22. The van der Waals surface area contributed by atoms with Gasteiger partial charge >= 0.3 is 6.03 Å². The molecule has 1 N–H and O–H groups in total. The Morgan fingerprint density at radius 2 is 2.19 bits per heavy atom. The molecule has 0 aromatic carbocycles. The van der Waals surface area contributed by atoms with Crippen molar-refractivity contribution in [3.05, 3.63) is 41.1 Å². The van der Waals surface area contributed by atoms with Crippen LogP contribution in [0.4, 0.5) is 4.79 Å². The van der Waals surface area contributed by atoms with E-state index in [0.717, 1.165) is 49.8 Å². The van der Waals surface area contributed by atoms with Gasteiger partial charge in [0.25, 0.3) is 0 Å². The predicted octanol–water partition coefficient (Wildman–Crippen LogP) is 2.57. The van der Waals surface area contributed by atoms with Gasteiger partial charge in [-0.25, -0.2) is 4.79 Å². The number of urea groups is 1. The first kappa shape index (κ1) is 18.5. The van der Waals surface area contributed by atoms with E-state index in [1.165, 1.54) is 10.6 Å². The third-order valence-electron chi connectivity index (χ3n) is 4.88. The molecule has 2 aromatic rings. The second kappa shape index (κ2) is 7.95. The van der Waals surface area contributed by atoms with Crippen LogP contribution in [0.25, 0.3) is 0 Å². The van der Waals surface area contributed by atoms with Crippen molar-refractivity contribution in [3.63, 3.8) is 0 Å². The number of aromatic nitrogens is 2. The number of furan rings is 1. The van der Waals surface area contributed by atoms with Crippen LogP contribution in [0.1, 0.15) is 42.2 Å². The van der Waals surface area contributed by atoms with E-state index in [0.29, 0.717) is 12.5 Å². The van der Waals surface area contributed by atoms with E-state index < -0.39 is 0 Å². The molecule has 1 aliphatic rings. The van der Waals surface area contributed by atoms with Crippen molar-refractivity contribution in [1.29, 1.82) is 0 Å². The highest BCUT2D eigenvalue weighted by molar-refractivity contribution is 5.73. The maximum Gasteiger partial charge on any atom is 0.317 e. The molecule has 0 saturated carbocycles. The van der Waals surface area contributed by atoms with Gasteiger partial charge in [-0.1, -0.05) is 6.92 Å². The SMILES string of the molecule is Cc1ccc([C@H](C)CCN2CCn3nc(CNC(=O)N(C)C)cc3C2)o1. The molecule has 0 unspecified atom stereocenters. The van der Waals surface area contributed by atoms with E-state index >= 15 is 0 Å². The van der Waals surface area contributed by atoms with Gasteiger partial charge in [-0.05, 0) is 38.1 Å². The summed E-state index contributed by atoms with van der Waals surface area (Å²) < 4.78 is 7.80. The summed E-state index contributed by atoms with van der Waals surface area (Å²) in [7, 11) is 3.47. The average Bonchev–Trinajstić information content (AvgIpc) is 3.22. The maximum absolute atomic E-state index is 11.6. The lowest BCUT2D eigenvalue weighted by Gasteiger charge is -2.28. The summed E-state index contributed by atoms with van der Waals surface area (Å²) >= 11 is 0. The molecule has 7 nitrogen and oxygen atoms in total. The van der Waals surface area contributed by atoms with Crippen LogP contribution in [0.5, 0.6) is 0 Å². The smallest absolute Gasteiger partial charge is 0.317 e. The summed E-state index contributed by atoms with van der Waals surface area (Å²) in [4.78, 5) is 15.6. The molecule has 1 aliphatic heterocycles. The van der Waals surface area contributed by atoms with E-state index in [9.17, 15) is 4.79 Å². The van der Waals surface area contributed by atoms with Crippen LogP contribution in [0, 0.1) is 6.92 Å². The van der Waals surface area contributed by atoms with Crippen LogP contribution >= 0.6 is 0 Å². The molecular weight excluding hydrogens is 330 g/mol. The van der Waals surface area contributed by atoms with Crippen LogP contribution < -0.4 is 5.32 Å². The van der Waals surface area contributed by atoms with E-state index in [1.807, 2.05) is 13.0 Å². The minimum atomic E-state index is -0.0975. The van der Waals surface area contributed by atoms with Gasteiger partial charge in [-0.2, -0.15) is 5.10 Å². The molecule has 26 heavy (non-hydrogen) atoms. The third-order valence-corrected chi connectivity index (χ3v) is 4.88. The molecule has 3 rings (SSSR count). The van der Waals surface area contributed by atoms with Gasteiger partial charge in [0.05, 0.1) is 24.5 Å². The van der Waals surface area contributed by atoms with Gasteiger partial charge in [-0.15, -0.1) is 0 Å². The van der Waals surface area contributed by atoms with Crippen LogP contribution in [-0.4, -0.2) is 52.8 Å². The quantitative estimate of drug-likeness (QED) is 0.861. The fourth-order valence-corrected chi connectivity index (χ4v) is 3.22. The molecule has 0 fully saturated rings. The third kappa shape index (κ3) is 4.46. The van der Waals surface area contributed by atoms with Gasteiger partial charge in [0.1, 0.15) is 11.5 Å². The van der Waals surface area contributed by atoms with Gasteiger partial charge < -0.3 is 14.6 Å². The number of rotatable bonds is 6. The average molecular weight is 359 g/mol. The number of amides is 2. The second-order valence-electron chi connectivity index (χ2n) is 7.32. The first-order valence-corrected chi connectivity index (χ1v) is 9.22. The van der Waals surface area contributed by atoms with Crippen LogP contribution in [0.2, 0.25) is 0 Å². The summed E-state index contributed by atoms with van der Waals surface area (Å²) in [6, 6.07) is 6.11. The summed E-state index contributed by atoms with van der Waals surface area (Å²) in [5, 5.41) is 7.47. The Kier molecular flexibility index (Phi) is 5.66. The number of nitrogens with one attached hydrogen (secondary N) is 1. The lowest BCUT2D eigenvalue weighted by molar-refractivity contribution is 0.204. The molecule has 142 valence electrons.